The second-order valence-corrected chi connectivity index (χ2v) is 8.02. The number of fused-ring (bicyclic) bond motifs is 1. The van der Waals surface area contributed by atoms with Crippen molar-refractivity contribution in [2.45, 2.75) is 17.8 Å². The molecule has 0 unspecified atom stereocenters. The average Bonchev–Trinajstić information content (AvgIpc) is 3.06. The van der Waals surface area contributed by atoms with Crippen LogP contribution >= 0.6 is 47.4 Å². The number of thioether (sulfide) groups is 1. The molecule has 0 bridgehead atoms. The summed E-state index contributed by atoms with van der Waals surface area (Å²) in [6.45, 7) is 2.63. The minimum Gasteiger partial charge on any atom is -0.494 e. The summed E-state index contributed by atoms with van der Waals surface area (Å²) in [5.74, 6) is 1.65. The molecule has 0 saturated carbocycles. The molecule has 3 nitrogen and oxygen atoms in total. The lowest BCUT2D eigenvalue weighted by molar-refractivity contribution is 0.340. The summed E-state index contributed by atoms with van der Waals surface area (Å²) in [6.07, 6.45) is 0. The van der Waals surface area contributed by atoms with E-state index in [2.05, 4.69) is 4.57 Å². The first-order chi connectivity index (χ1) is 13.6. The first-order valence-electron chi connectivity index (χ1n) is 8.92. The van der Waals surface area contributed by atoms with Gasteiger partial charge >= 0.3 is 0 Å². The SMILES string of the molecule is CCOc1ccc(-n2c(SCc3ccc(Cl)cc3)nc3cc(Cl)ccc32)cc1.Cl. The molecular formula is C22H19Cl3N2OS. The van der Waals surface area contributed by atoms with Crippen LogP contribution in [0, 0.1) is 0 Å². The molecule has 1 aromatic heterocycles. The molecule has 0 N–H and O–H groups in total. The van der Waals surface area contributed by atoms with Crippen LogP contribution in [0.5, 0.6) is 5.75 Å². The van der Waals surface area contributed by atoms with Crippen LogP contribution in [0.15, 0.2) is 71.9 Å². The van der Waals surface area contributed by atoms with E-state index >= 15 is 0 Å². The van der Waals surface area contributed by atoms with Crippen molar-refractivity contribution in [3.05, 3.63) is 82.3 Å². The van der Waals surface area contributed by atoms with Crippen molar-refractivity contribution >= 4 is 58.4 Å². The molecule has 1 heterocycles. The van der Waals surface area contributed by atoms with E-state index in [0.717, 1.165) is 38.4 Å². The van der Waals surface area contributed by atoms with Gasteiger partial charge in [0.2, 0.25) is 0 Å². The number of rotatable bonds is 6. The van der Waals surface area contributed by atoms with Gasteiger partial charge in [-0.1, -0.05) is 47.1 Å². The molecule has 0 fully saturated rings. The standard InChI is InChI=1S/C22H18Cl2N2OS.ClH/c1-2-27-19-10-8-18(9-11-19)26-21-12-7-17(24)13-20(21)25-22(26)28-14-15-3-5-16(23)6-4-15;/h3-13H,2,14H2,1H3;1H. The monoisotopic (exact) mass is 464 g/mol. The summed E-state index contributed by atoms with van der Waals surface area (Å²) in [6, 6.07) is 21.8. The first kappa shape index (κ1) is 21.8. The van der Waals surface area contributed by atoms with Gasteiger partial charge in [0.05, 0.1) is 17.6 Å². The molecular weight excluding hydrogens is 447 g/mol. The van der Waals surface area contributed by atoms with E-state index in [1.807, 2.05) is 73.7 Å². The number of halogens is 3. The maximum Gasteiger partial charge on any atom is 0.174 e. The zero-order valence-corrected chi connectivity index (χ0v) is 18.8. The Labute approximate surface area is 190 Å². The average molecular weight is 466 g/mol. The number of imidazole rings is 1. The Morgan fingerprint density at radius 3 is 2.31 bits per heavy atom. The predicted octanol–water partition coefficient (Wildman–Crippen LogP) is 7.45. The zero-order chi connectivity index (χ0) is 19.5. The quantitative estimate of drug-likeness (QED) is 0.277. The van der Waals surface area contributed by atoms with Crippen LogP contribution < -0.4 is 4.74 Å². The van der Waals surface area contributed by atoms with Gasteiger partial charge < -0.3 is 4.74 Å². The van der Waals surface area contributed by atoms with Crippen LogP contribution in [0.4, 0.5) is 0 Å². The topological polar surface area (TPSA) is 27.1 Å². The molecule has 4 aromatic rings. The number of hydrogen-bond acceptors (Lipinski definition) is 3. The highest BCUT2D eigenvalue weighted by molar-refractivity contribution is 7.98. The third-order valence-electron chi connectivity index (χ3n) is 4.27. The van der Waals surface area contributed by atoms with Crippen molar-refractivity contribution in [1.82, 2.24) is 9.55 Å². The van der Waals surface area contributed by atoms with E-state index in [-0.39, 0.29) is 12.4 Å². The third kappa shape index (κ3) is 5.01. The molecule has 0 atom stereocenters. The molecule has 4 rings (SSSR count). The number of hydrogen-bond donors (Lipinski definition) is 0. The van der Waals surface area contributed by atoms with Crippen molar-refractivity contribution < 1.29 is 4.74 Å². The molecule has 0 aliphatic carbocycles. The minimum absolute atomic E-state index is 0. The van der Waals surface area contributed by atoms with Gasteiger partial charge in [0.15, 0.2) is 5.16 Å². The molecule has 3 aromatic carbocycles. The van der Waals surface area contributed by atoms with Crippen LogP contribution in [0.25, 0.3) is 16.7 Å². The Bertz CT molecular complexity index is 1100. The zero-order valence-electron chi connectivity index (χ0n) is 15.6. The van der Waals surface area contributed by atoms with Crippen molar-refractivity contribution in [1.29, 1.82) is 0 Å². The largest absolute Gasteiger partial charge is 0.494 e. The molecule has 0 saturated heterocycles. The maximum absolute atomic E-state index is 6.18. The molecule has 0 aliphatic heterocycles. The van der Waals surface area contributed by atoms with Crippen molar-refractivity contribution in [3.63, 3.8) is 0 Å². The number of ether oxygens (including phenoxy) is 1. The summed E-state index contributed by atoms with van der Waals surface area (Å²) in [5.41, 5.74) is 4.12. The fraction of sp³-hybridized carbons (Fsp3) is 0.136. The van der Waals surface area contributed by atoms with Crippen LogP contribution in [0.1, 0.15) is 12.5 Å². The highest BCUT2D eigenvalue weighted by Crippen LogP contribution is 2.32. The lowest BCUT2D eigenvalue weighted by Gasteiger charge is -2.10. The van der Waals surface area contributed by atoms with Gasteiger partial charge in [-0.2, -0.15) is 0 Å². The summed E-state index contributed by atoms with van der Waals surface area (Å²) in [7, 11) is 0. The van der Waals surface area contributed by atoms with E-state index < -0.39 is 0 Å². The lowest BCUT2D eigenvalue weighted by atomic mass is 10.2. The van der Waals surface area contributed by atoms with Crippen LogP contribution in [-0.4, -0.2) is 16.2 Å². The van der Waals surface area contributed by atoms with Crippen molar-refractivity contribution in [2.75, 3.05) is 6.61 Å². The van der Waals surface area contributed by atoms with Gasteiger partial charge in [0.1, 0.15) is 5.75 Å². The Morgan fingerprint density at radius 1 is 0.931 bits per heavy atom. The summed E-state index contributed by atoms with van der Waals surface area (Å²) >= 11 is 13.9. The molecule has 0 spiro atoms. The summed E-state index contributed by atoms with van der Waals surface area (Å²) < 4.78 is 7.72. The van der Waals surface area contributed by atoms with Crippen molar-refractivity contribution in [3.8, 4) is 11.4 Å². The maximum atomic E-state index is 6.18. The molecule has 7 heteroatoms. The third-order valence-corrected chi connectivity index (χ3v) is 5.77. The highest BCUT2D eigenvalue weighted by atomic mass is 35.5. The number of benzene rings is 3. The van der Waals surface area contributed by atoms with Gasteiger partial charge in [-0.3, -0.25) is 4.57 Å². The Hall–Kier alpha value is -1.85. The molecule has 0 radical (unpaired) electrons. The number of nitrogens with zero attached hydrogens (tertiary/aromatic N) is 2. The Balaban J connectivity index is 0.00000240. The summed E-state index contributed by atoms with van der Waals surface area (Å²) in [4.78, 5) is 4.83. The van der Waals surface area contributed by atoms with Crippen LogP contribution in [0.3, 0.4) is 0 Å². The minimum atomic E-state index is 0. The van der Waals surface area contributed by atoms with E-state index in [1.54, 1.807) is 11.8 Å². The van der Waals surface area contributed by atoms with E-state index in [4.69, 9.17) is 32.9 Å². The second kappa shape index (κ2) is 9.77. The number of aromatic nitrogens is 2. The van der Waals surface area contributed by atoms with E-state index in [0.29, 0.717) is 11.6 Å². The van der Waals surface area contributed by atoms with Gasteiger partial charge in [0.25, 0.3) is 0 Å². The summed E-state index contributed by atoms with van der Waals surface area (Å²) in [5, 5.41) is 2.33. The fourth-order valence-electron chi connectivity index (χ4n) is 2.96. The Morgan fingerprint density at radius 2 is 1.62 bits per heavy atom. The van der Waals surface area contributed by atoms with Gasteiger partial charge in [-0.25, -0.2) is 4.98 Å². The molecule has 29 heavy (non-hydrogen) atoms. The van der Waals surface area contributed by atoms with Gasteiger partial charge in [-0.05, 0) is 67.1 Å². The lowest BCUT2D eigenvalue weighted by Crippen LogP contribution is -1.98. The predicted molar refractivity (Wildman–Crippen MR) is 126 cm³/mol. The molecule has 0 amide bonds. The Kier molecular flexibility index (Phi) is 7.36. The molecule has 150 valence electrons. The van der Waals surface area contributed by atoms with Gasteiger partial charge in [0, 0.05) is 21.5 Å². The smallest absolute Gasteiger partial charge is 0.174 e. The highest BCUT2D eigenvalue weighted by Gasteiger charge is 2.14. The van der Waals surface area contributed by atoms with E-state index in [1.165, 1.54) is 5.56 Å². The molecule has 0 aliphatic rings. The van der Waals surface area contributed by atoms with E-state index in [9.17, 15) is 0 Å². The first-order valence-corrected chi connectivity index (χ1v) is 10.7. The van der Waals surface area contributed by atoms with Gasteiger partial charge in [-0.15, -0.1) is 12.4 Å². The second-order valence-electron chi connectivity index (χ2n) is 6.20. The van der Waals surface area contributed by atoms with Crippen LogP contribution in [-0.2, 0) is 5.75 Å². The normalized spacial score (nSPS) is 10.7. The van der Waals surface area contributed by atoms with Crippen molar-refractivity contribution in [2.24, 2.45) is 0 Å². The fourth-order valence-corrected chi connectivity index (χ4v) is 4.24. The van der Waals surface area contributed by atoms with Crippen LogP contribution in [0.2, 0.25) is 10.0 Å².